The summed E-state index contributed by atoms with van der Waals surface area (Å²) in [5.74, 6) is 1.14. The Balaban J connectivity index is 2.63. The molecule has 0 saturated heterocycles. The normalized spacial score (nSPS) is 9.93. The lowest BCUT2D eigenvalue weighted by molar-refractivity contribution is 0.232. The molecule has 1 rings (SSSR count). The van der Waals surface area contributed by atoms with Crippen molar-refractivity contribution < 1.29 is 4.74 Å². The molecular weight excluding hydrogens is 178 g/mol. The van der Waals surface area contributed by atoms with Gasteiger partial charge in [0.25, 0.3) is 0 Å². The summed E-state index contributed by atoms with van der Waals surface area (Å²) in [5, 5.41) is 2.99. The van der Waals surface area contributed by atoms with Crippen LogP contribution in [0.1, 0.15) is 13.8 Å². The zero-order valence-electron chi connectivity index (χ0n) is 8.53. The van der Waals surface area contributed by atoms with Crippen LogP contribution >= 0.6 is 0 Å². The molecule has 0 aliphatic rings. The van der Waals surface area contributed by atoms with Gasteiger partial charge in [0.1, 0.15) is 0 Å². The summed E-state index contributed by atoms with van der Waals surface area (Å²) in [6.45, 7) is 8.16. The summed E-state index contributed by atoms with van der Waals surface area (Å²) in [7, 11) is 0. The third kappa shape index (κ3) is 3.43. The highest BCUT2D eigenvalue weighted by Gasteiger charge is 2.00. The van der Waals surface area contributed by atoms with Crippen LogP contribution < -0.4 is 10.1 Å². The van der Waals surface area contributed by atoms with Crippen molar-refractivity contribution in [2.45, 2.75) is 20.0 Å². The molecule has 0 unspecified atom stereocenters. The number of nitrogens with one attached hydrogen (secondary N) is 1. The van der Waals surface area contributed by atoms with Crippen molar-refractivity contribution in [3.05, 3.63) is 24.9 Å². The van der Waals surface area contributed by atoms with Crippen LogP contribution in [-0.4, -0.2) is 22.6 Å². The van der Waals surface area contributed by atoms with Crippen LogP contribution in [0.5, 0.6) is 5.88 Å². The van der Waals surface area contributed by atoms with Gasteiger partial charge in [-0.3, -0.25) is 0 Å². The van der Waals surface area contributed by atoms with Gasteiger partial charge in [-0.25, -0.2) is 4.98 Å². The first-order valence-corrected chi connectivity index (χ1v) is 4.57. The van der Waals surface area contributed by atoms with Crippen molar-refractivity contribution in [3.8, 4) is 5.88 Å². The number of nitrogens with zero attached hydrogens (tertiary/aromatic N) is 2. The van der Waals surface area contributed by atoms with Crippen molar-refractivity contribution in [1.82, 2.24) is 9.97 Å². The minimum atomic E-state index is 0.122. The van der Waals surface area contributed by atoms with E-state index < -0.39 is 0 Å². The van der Waals surface area contributed by atoms with Crippen LogP contribution in [0, 0.1) is 0 Å². The number of rotatable bonds is 5. The molecule has 0 fully saturated rings. The van der Waals surface area contributed by atoms with Gasteiger partial charge in [0.2, 0.25) is 11.8 Å². The number of hydrogen-bond donors (Lipinski definition) is 1. The summed E-state index contributed by atoms with van der Waals surface area (Å²) in [6.07, 6.45) is 3.53. The second-order valence-corrected chi connectivity index (χ2v) is 3.05. The van der Waals surface area contributed by atoms with Crippen molar-refractivity contribution in [3.63, 3.8) is 0 Å². The molecule has 76 valence electrons. The first kappa shape index (κ1) is 10.5. The van der Waals surface area contributed by atoms with Crippen LogP contribution in [0.15, 0.2) is 24.9 Å². The van der Waals surface area contributed by atoms with Gasteiger partial charge < -0.3 is 10.1 Å². The summed E-state index contributed by atoms with van der Waals surface area (Å²) in [6, 6.07) is 1.74. The Morgan fingerprint density at radius 2 is 2.43 bits per heavy atom. The maximum Gasteiger partial charge on any atom is 0.226 e. The van der Waals surface area contributed by atoms with Crippen molar-refractivity contribution in [2.24, 2.45) is 0 Å². The van der Waals surface area contributed by atoms with E-state index in [2.05, 4.69) is 21.9 Å². The molecule has 0 amide bonds. The molecule has 0 aromatic carbocycles. The van der Waals surface area contributed by atoms with Crippen molar-refractivity contribution >= 4 is 5.95 Å². The lowest BCUT2D eigenvalue weighted by Crippen LogP contribution is -2.09. The Labute approximate surface area is 84.0 Å². The van der Waals surface area contributed by atoms with Crippen LogP contribution in [0.3, 0.4) is 0 Å². The topological polar surface area (TPSA) is 47.0 Å². The molecule has 0 aliphatic carbocycles. The van der Waals surface area contributed by atoms with Gasteiger partial charge in [-0.05, 0) is 13.8 Å². The van der Waals surface area contributed by atoms with Crippen LogP contribution in [0.4, 0.5) is 5.95 Å². The first-order chi connectivity index (χ1) is 6.72. The smallest absolute Gasteiger partial charge is 0.226 e. The van der Waals surface area contributed by atoms with Crippen LogP contribution in [0.2, 0.25) is 0 Å². The monoisotopic (exact) mass is 193 g/mol. The standard InChI is InChI=1S/C10H15N3O/c1-4-6-11-10-12-7-5-9(13-10)14-8(2)3/h4-5,7-8H,1,6H2,2-3H3,(H,11,12,13). The van der Waals surface area contributed by atoms with E-state index >= 15 is 0 Å². The minimum absolute atomic E-state index is 0.122. The maximum atomic E-state index is 5.42. The van der Waals surface area contributed by atoms with Gasteiger partial charge >= 0.3 is 0 Å². The highest BCUT2D eigenvalue weighted by atomic mass is 16.5. The van der Waals surface area contributed by atoms with E-state index in [1.165, 1.54) is 0 Å². The fraction of sp³-hybridized carbons (Fsp3) is 0.400. The summed E-state index contributed by atoms with van der Waals surface area (Å²) < 4.78 is 5.42. The number of anilines is 1. The number of ether oxygens (including phenoxy) is 1. The first-order valence-electron chi connectivity index (χ1n) is 4.57. The lowest BCUT2D eigenvalue weighted by Gasteiger charge is -2.09. The van der Waals surface area contributed by atoms with Gasteiger partial charge in [-0.1, -0.05) is 6.08 Å². The third-order valence-corrected chi connectivity index (χ3v) is 1.39. The molecule has 1 heterocycles. The van der Waals surface area contributed by atoms with Crippen LogP contribution in [0.25, 0.3) is 0 Å². The maximum absolute atomic E-state index is 5.42. The van der Waals surface area contributed by atoms with E-state index in [4.69, 9.17) is 4.74 Å². The molecule has 0 aliphatic heterocycles. The fourth-order valence-corrected chi connectivity index (χ4v) is 0.898. The molecule has 1 aromatic rings. The lowest BCUT2D eigenvalue weighted by atomic mass is 10.5. The molecule has 0 atom stereocenters. The molecule has 0 spiro atoms. The highest BCUT2D eigenvalue weighted by molar-refractivity contribution is 5.28. The SMILES string of the molecule is C=CCNc1nccc(OC(C)C)n1. The van der Waals surface area contributed by atoms with E-state index in [1.54, 1.807) is 18.3 Å². The average molecular weight is 193 g/mol. The zero-order chi connectivity index (χ0) is 10.4. The van der Waals surface area contributed by atoms with E-state index in [-0.39, 0.29) is 6.10 Å². The van der Waals surface area contributed by atoms with Gasteiger partial charge in [0.15, 0.2) is 0 Å². The molecule has 0 bridgehead atoms. The molecule has 4 heteroatoms. The largest absolute Gasteiger partial charge is 0.475 e. The molecule has 4 nitrogen and oxygen atoms in total. The summed E-state index contributed by atoms with van der Waals surface area (Å²) >= 11 is 0. The predicted octanol–water partition coefficient (Wildman–Crippen LogP) is 1.86. The van der Waals surface area contributed by atoms with Gasteiger partial charge in [-0.2, -0.15) is 4.98 Å². The number of hydrogen-bond acceptors (Lipinski definition) is 4. The van der Waals surface area contributed by atoms with E-state index in [9.17, 15) is 0 Å². The molecule has 14 heavy (non-hydrogen) atoms. The molecular formula is C10H15N3O. The predicted molar refractivity (Wildman–Crippen MR) is 56.5 cm³/mol. The second-order valence-electron chi connectivity index (χ2n) is 3.05. The van der Waals surface area contributed by atoms with Crippen LogP contribution in [-0.2, 0) is 0 Å². The Kier molecular flexibility index (Phi) is 3.91. The molecule has 0 radical (unpaired) electrons. The fourth-order valence-electron chi connectivity index (χ4n) is 0.898. The third-order valence-electron chi connectivity index (χ3n) is 1.39. The van der Waals surface area contributed by atoms with Gasteiger partial charge in [0.05, 0.1) is 6.10 Å². The Morgan fingerprint density at radius 1 is 1.64 bits per heavy atom. The highest BCUT2D eigenvalue weighted by Crippen LogP contribution is 2.09. The number of aromatic nitrogens is 2. The van der Waals surface area contributed by atoms with Crippen molar-refractivity contribution in [1.29, 1.82) is 0 Å². The zero-order valence-corrected chi connectivity index (χ0v) is 8.53. The summed E-state index contributed by atoms with van der Waals surface area (Å²) in [4.78, 5) is 8.19. The molecule has 0 saturated carbocycles. The second kappa shape index (κ2) is 5.21. The Hall–Kier alpha value is -1.58. The summed E-state index contributed by atoms with van der Waals surface area (Å²) in [5.41, 5.74) is 0. The average Bonchev–Trinajstić information content (AvgIpc) is 2.14. The Morgan fingerprint density at radius 3 is 3.07 bits per heavy atom. The van der Waals surface area contributed by atoms with Gasteiger partial charge in [0, 0.05) is 18.8 Å². The molecule has 1 aromatic heterocycles. The van der Waals surface area contributed by atoms with E-state index in [1.807, 2.05) is 13.8 Å². The minimum Gasteiger partial charge on any atom is -0.475 e. The Bertz CT molecular complexity index is 299. The van der Waals surface area contributed by atoms with E-state index in [0.717, 1.165) is 0 Å². The van der Waals surface area contributed by atoms with E-state index in [0.29, 0.717) is 18.4 Å². The van der Waals surface area contributed by atoms with Gasteiger partial charge in [-0.15, -0.1) is 6.58 Å². The quantitative estimate of drug-likeness (QED) is 0.725. The molecule has 1 N–H and O–H groups in total. The van der Waals surface area contributed by atoms with Crippen molar-refractivity contribution in [2.75, 3.05) is 11.9 Å².